The van der Waals surface area contributed by atoms with E-state index in [0.29, 0.717) is 0 Å². The van der Waals surface area contributed by atoms with E-state index in [1.807, 2.05) is 32.2 Å². The van der Waals surface area contributed by atoms with Crippen molar-refractivity contribution in [3.63, 3.8) is 0 Å². The molecule has 2 aromatic heterocycles. The molecule has 0 aromatic carbocycles. The third kappa shape index (κ3) is 1.35. The van der Waals surface area contributed by atoms with E-state index in [1.54, 1.807) is 10.9 Å². The molecule has 0 aliphatic carbocycles. The molecule has 2 heterocycles. The van der Waals surface area contributed by atoms with Crippen molar-refractivity contribution >= 4 is 5.69 Å². The summed E-state index contributed by atoms with van der Waals surface area (Å²) in [6, 6.07) is 5.70. The van der Waals surface area contributed by atoms with Crippen LogP contribution in [0, 0.1) is 6.92 Å². The van der Waals surface area contributed by atoms with Crippen molar-refractivity contribution in [3.8, 4) is 11.4 Å². The minimum absolute atomic E-state index is 0.718. The predicted molar refractivity (Wildman–Crippen MR) is 55.6 cm³/mol. The van der Waals surface area contributed by atoms with E-state index in [2.05, 4.69) is 10.1 Å². The molecule has 2 N–H and O–H groups in total. The van der Waals surface area contributed by atoms with Crippen LogP contribution in [0.5, 0.6) is 0 Å². The van der Waals surface area contributed by atoms with Crippen LogP contribution < -0.4 is 5.73 Å². The Kier molecular flexibility index (Phi) is 1.96. The Labute approximate surface area is 82.4 Å². The fraction of sp³-hybridized carbons (Fsp3) is 0.200. The highest BCUT2D eigenvalue weighted by atomic mass is 15.3. The lowest BCUT2D eigenvalue weighted by Gasteiger charge is -2.04. The molecular weight excluding hydrogens is 176 g/mol. The Balaban J connectivity index is 2.53. The summed E-state index contributed by atoms with van der Waals surface area (Å²) in [6.07, 6.45) is 1.75. The number of nitrogens with two attached hydrogens (primary N) is 1. The second kappa shape index (κ2) is 3.14. The smallest absolute Gasteiger partial charge is 0.0887 e. The van der Waals surface area contributed by atoms with Gasteiger partial charge in [0.1, 0.15) is 0 Å². The van der Waals surface area contributed by atoms with Crippen molar-refractivity contribution in [2.45, 2.75) is 6.92 Å². The van der Waals surface area contributed by atoms with Crippen LogP contribution in [0.25, 0.3) is 11.4 Å². The zero-order valence-electron chi connectivity index (χ0n) is 8.23. The van der Waals surface area contributed by atoms with Crippen molar-refractivity contribution in [3.05, 3.63) is 30.1 Å². The van der Waals surface area contributed by atoms with Crippen molar-refractivity contribution in [1.29, 1.82) is 0 Å². The summed E-state index contributed by atoms with van der Waals surface area (Å²) in [6.45, 7) is 1.90. The summed E-state index contributed by atoms with van der Waals surface area (Å²) in [5, 5.41) is 4.09. The number of aryl methyl sites for hydroxylation is 2. The molecular formula is C10H12N4. The number of anilines is 1. The SMILES string of the molecule is Cc1nc(-c2ccnn2C)ccc1N. The van der Waals surface area contributed by atoms with Crippen LogP contribution >= 0.6 is 0 Å². The highest BCUT2D eigenvalue weighted by Crippen LogP contribution is 2.18. The summed E-state index contributed by atoms with van der Waals surface area (Å²) in [7, 11) is 1.89. The van der Waals surface area contributed by atoms with Gasteiger partial charge < -0.3 is 5.73 Å². The molecule has 0 atom stereocenters. The molecule has 14 heavy (non-hydrogen) atoms. The van der Waals surface area contributed by atoms with Gasteiger partial charge in [-0.05, 0) is 25.1 Å². The van der Waals surface area contributed by atoms with Crippen molar-refractivity contribution in [2.24, 2.45) is 7.05 Å². The van der Waals surface area contributed by atoms with Gasteiger partial charge in [0, 0.05) is 13.2 Å². The monoisotopic (exact) mass is 188 g/mol. The van der Waals surface area contributed by atoms with Gasteiger partial charge >= 0.3 is 0 Å². The van der Waals surface area contributed by atoms with Crippen molar-refractivity contribution < 1.29 is 0 Å². The minimum atomic E-state index is 0.718. The van der Waals surface area contributed by atoms with Crippen LogP contribution in [0.2, 0.25) is 0 Å². The predicted octanol–water partition coefficient (Wildman–Crippen LogP) is 1.37. The van der Waals surface area contributed by atoms with E-state index >= 15 is 0 Å². The van der Waals surface area contributed by atoms with Crippen LogP contribution in [0.4, 0.5) is 5.69 Å². The van der Waals surface area contributed by atoms with Crippen LogP contribution in [0.15, 0.2) is 24.4 Å². The summed E-state index contributed by atoms with van der Waals surface area (Å²) < 4.78 is 1.79. The standard InChI is InChI=1S/C10H12N4/c1-7-8(11)3-4-9(13-7)10-5-6-12-14(10)2/h3-6H,11H2,1-2H3. The highest BCUT2D eigenvalue weighted by molar-refractivity contribution is 5.58. The number of pyridine rings is 1. The molecule has 2 aromatic rings. The highest BCUT2D eigenvalue weighted by Gasteiger charge is 2.04. The van der Waals surface area contributed by atoms with E-state index in [1.165, 1.54) is 0 Å². The zero-order chi connectivity index (χ0) is 10.1. The van der Waals surface area contributed by atoms with Gasteiger partial charge in [0.05, 0.1) is 22.8 Å². The first-order chi connectivity index (χ1) is 6.68. The number of nitrogen functional groups attached to an aromatic ring is 1. The van der Waals surface area contributed by atoms with E-state index in [4.69, 9.17) is 5.73 Å². The molecule has 0 fully saturated rings. The van der Waals surface area contributed by atoms with E-state index in [0.717, 1.165) is 22.8 Å². The van der Waals surface area contributed by atoms with Crippen LogP contribution in [-0.2, 0) is 7.05 Å². The maximum Gasteiger partial charge on any atom is 0.0887 e. The average molecular weight is 188 g/mol. The molecule has 72 valence electrons. The van der Waals surface area contributed by atoms with Gasteiger partial charge in [-0.25, -0.2) is 4.98 Å². The summed E-state index contributed by atoms with van der Waals surface area (Å²) in [4.78, 5) is 4.39. The molecule has 0 saturated carbocycles. The lowest BCUT2D eigenvalue weighted by Crippen LogP contribution is -1.98. The molecule has 0 unspecified atom stereocenters. The van der Waals surface area contributed by atoms with Gasteiger partial charge in [-0.1, -0.05) is 0 Å². The third-order valence-corrected chi connectivity index (χ3v) is 2.21. The molecule has 0 saturated heterocycles. The van der Waals surface area contributed by atoms with Crippen LogP contribution in [0.3, 0.4) is 0 Å². The quantitative estimate of drug-likeness (QED) is 0.735. The lowest BCUT2D eigenvalue weighted by molar-refractivity contribution is 0.773. The van der Waals surface area contributed by atoms with Crippen molar-refractivity contribution in [2.75, 3.05) is 5.73 Å². The molecule has 0 radical (unpaired) electrons. The van der Waals surface area contributed by atoms with Gasteiger partial charge in [0.2, 0.25) is 0 Å². The summed E-state index contributed by atoms with van der Waals surface area (Å²) in [5.74, 6) is 0. The molecule has 0 amide bonds. The summed E-state index contributed by atoms with van der Waals surface area (Å²) in [5.41, 5.74) is 9.16. The fourth-order valence-corrected chi connectivity index (χ4v) is 1.34. The van der Waals surface area contributed by atoms with E-state index in [-0.39, 0.29) is 0 Å². The number of nitrogens with zero attached hydrogens (tertiary/aromatic N) is 3. The number of hydrogen-bond acceptors (Lipinski definition) is 3. The molecule has 4 heteroatoms. The Bertz CT molecular complexity index is 459. The van der Waals surface area contributed by atoms with E-state index in [9.17, 15) is 0 Å². The molecule has 0 aliphatic rings. The first-order valence-electron chi connectivity index (χ1n) is 4.40. The molecule has 0 bridgehead atoms. The Morgan fingerprint density at radius 1 is 1.29 bits per heavy atom. The normalized spacial score (nSPS) is 10.4. The largest absolute Gasteiger partial charge is 0.397 e. The zero-order valence-corrected chi connectivity index (χ0v) is 8.23. The lowest BCUT2D eigenvalue weighted by atomic mass is 10.2. The van der Waals surface area contributed by atoms with E-state index < -0.39 is 0 Å². The Morgan fingerprint density at radius 3 is 2.64 bits per heavy atom. The maximum absolute atomic E-state index is 5.70. The summed E-state index contributed by atoms with van der Waals surface area (Å²) >= 11 is 0. The minimum Gasteiger partial charge on any atom is -0.397 e. The molecule has 0 aliphatic heterocycles. The first kappa shape index (κ1) is 8.74. The van der Waals surface area contributed by atoms with Gasteiger partial charge in [-0.2, -0.15) is 5.10 Å². The molecule has 4 nitrogen and oxygen atoms in total. The van der Waals surface area contributed by atoms with Crippen LogP contribution in [0.1, 0.15) is 5.69 Å². The average Bonchev–Trinajstić information content (AvgIpc) is 2.57. The second-order valence-corrected chi connectivity index (χ2v) is 3.21. The van der Waals surface area contributed by atoms with Gasteiger partial charge in [0.15, 0.2) is 0 Å². The van der Waals surface area contributed by atoms with Crippen LogP contribution in [-0.4, -0.2) is 14.8 Å². The maximum atomic E-state index is 5.70. The molecule has 0 spiro atoms. The number of rotatable bonds is 1. The fourth-order valence-electron chi connectivity index (χ4n) is 1.34. The molecule has 2 rings (SSSR count). The number of hydrogen-bond donors (Lipinski definition) is 1. The van der Waals surface area contributed by atoms with Gasteiger partial charge in [-0.15, -0.1) is 0 Å². The second-order valence-electron chi connectivity index (χ2n) is 3.21. The van der Waals surface area contributed by atoms with Gasteiger partial charge in [-0.3, -0.25) is 4.68 Å². The van der Waals surface area contributed by atoms with Crippen molar-refractivity contribution in [1.82, 2.24) is 14.8 Å². The third-order valence-electron chi connectivity index (χ3n) is 2.21. The topological polar surface area (TPSA) is 56.7 Å². The Hall–Kier alpha value is -1.84. The Morgan fingerprint density at radius 2 is 2.07 bits per heavy atom. The van der Waals surface area contributed by atoms with Gasteiger partial charge in [0.25, 0.3) is 0 Å². The first-order valence-corrected chi connectivity index (χ1v) is 4.40. The number of aromatic nitrogens is 3.